The average Bonchev–Trinajstić information content (AvgIpc) is 2.83. The highest BCUT2D eigenvalue weighted by molar-refractivity contribution is 6.07. The topological polar surface area (TPSA) is 6.25 Å². The van der Waals surface area contributed by atoms with Crippen LogP contribution in [0.15, 0.2) is 60.7 Å². The molecule has 0 spiro atoms. The Morgan fingerprint density at radius 1 is 0.889 bits per heavy atom. The van der Waals surface area contributed by atoms with Crippen molar-refractivity contribution in [3.63, 3.8) is 0 Å². The average molecular weight is 237 g/mol. The van der Waals surface area contributed by atoms with Gasteiger partial charge in [0.25, 0.3) is 5.84 Å². The molecule has 3 rings (SSSR count). The molecule has 0 unspecified atom stereocenters. The van der Waals surface area contributed by atoms with Gasteiger partial charge in [0.1, 0.15) is 18.8 Å². The van der Waals surface area contributed by atoms with Crippen molar-refractivity contribution in [3.8, 4) is 0 Å². The van der Waals surface area contributed by atoms with E-state index in [0.717, 1.165) is 13.1 Å². The molecule has 18 heavy (non-hydrogen) atoms. The number of para-hydroxylation sites is 1. The van der Waals surface area contributed by atoms with Crippen molar-refractivity contribution in [2.75, 3.05) is 25.0 Å². The Labute approximate surface area is 108 Å². The molecular formula is C16H17N2+. The lowest BCUT2D eigenvalue weighted by molar-refractivity contribution is -0.485. The summed E-state index contributed by atoms with van der Waals surface area (Å²) in [5.41, 5.74) is 2.54. The van der Waals surface area contributed by atoms with Crippen LogP contribution in [0, 0.1) is 0 Å². The Bertz CT molecular complexity index is 558. The van der Waals surface area contributed by atoms with Gasteiger partial charge < -0.3 is 0 Å². The van der Waals surface area contributed by atoms with Crippen molar-refractivity contribution in [2.24, 2.45) is 0 Å². The molecule has 0 atom stereocenters. The van der Waals surface area contributed by atoms with E-state index in [2.05, 4.69) is 77.2 Å². The Kier molecular flexibility index (Phi) is 2.85. The van der Waals surface area contributed by atoms with Gasteiger partial charge in [0.05, 0.1) is 12.6 Å². The van der Waals surface area contributed by atoms with E-state index < -0.39 is 0 Å². The summed E-state index contributed by atoms with van der Waals surface area (Å²) in [6, 6.07) is 21.2. The molecule has 1 heterocycles. The van der Waals surface area contributed by atoms with Crippen LogP contribution in [0.1, 0.15) is 5.56 Å². The lowest BCUT2D eigenvalue weighted by Crippen LogP contribution is -2.29. The molecule has 0 saturated heterocycles. The summed E-state index contributed by atoms with van der Waals surface area (Å²) in [7, 11) is 2.16. The second-order valence-electron chi connectivity index (χ2n) is 4.60. The molecule has 0 bridgehead atoms. The van der Waals surface area contributed by atoms with Crippen molar-refractivity contribution < 1.29 is 4.58 Å². The Balaban J connectivity index is 2.03. The number of likely N-dealkylation sites (N-methyl/N-ethyl adjacent to an activating group) is 1. The molecule has 90 valence electrons. The fraction of sp³-hybridized carbons (Fsp3) is 0.188. The summed E-state index contributed by atoms with van der Waals surface area (Å²) in [6.07, 6.45) is 0. The van der Waals surface area contributed by atoms with Gasteiger partial charge in [-0.05, 0) is 24.3 Å². The molecule has 2 heteroatoms. The minimum atomic E-state index is 1.05. The zero-order valence-electron chi connectivity index (χ0n) is 10.6. The molecule has 0 aliphatic carbocycles. The number of amidine groups is 1. The summed E-state index contributed by atoms with van der Waals surface area (Å²) in [5, 5.41) is 0. The number of hydrogen-bond acceptors (Lipinski definition) is 1. The van der Waals surface area contributed by atoms with Crippen LogP contribution < -0.4 is 4.90 Å². The van der Waals surface area contributed by atoms with E-state index in [9.17, 15) is 0 Å². The van der Waals surface area contributed by atoms with Gasteiger partial charge in [-0.1, -0.05) is 36.4 Å². The molecule has 0 amide bonds. The third-order valence-corrected chi connectivity index (χ3v) is 3.38. The standard InChI is InChI=1S/C16H17N2/c1-17-12-13-18(15-10-6-3-7-11-15)16(17)14-8-4-2-5-9-14/h2-11H,12-13H2,1H3/q+1. The van der Waals surface area contributed by atoms with Crippen LogP contribution in [-0.2, 0) is 0 Å². The van der Waals surface area contributed by atoms with Gasteiger partial charge in [0, 0.05) is 0 Å². The van der Waals surface area contributed by atoms with E-state index in [1.54, 1.807) is 0 Å². The summed E-state index contributed by atoms with van der Waals surface area (Å²) >= 11 is 0. The van der Waals surface area contributed by atoms with Gasteiger partial charge in [-0.15, -0.1) is 0 Å². The third-order valence-electron chi connectivity index (χ3n) is 3.38. The van der Waals surface area contributed by atoms with E-state index in [1.807, 2.05) is 0 Å². The Morgan fingerprint density at radius 2 is 1.50 bits per heavy atom. The smallest absolute Gasteiger partial charge is 0.260 e. The predicted molar refractivity (Wildman–Crippen MR) is 75.4 cm³/mol. The highest BCUT2D eigenvalue weighted by Crippen LogP contribution is 2.19. The molecule has 0 radical (unpaired) electrons. The zero-order valence-corrected chi connectivity index (χ0v) is 10.6. The van der Waals surface area contributed by atoms with Crippen LogP contribution in [0.2, 0.25) is 0 Å². The van der Waals surface area contributed by atoms with Crippen LogP contribution in [0.4, 0.5) is 5.69 Å². The maximum absolute atomic E-state index is 2.38. The van der Waals surface area contributed by atoms with E-state index in [1.165, 1.54) is 17.1 Å². The highest BCUT2D eigenvalue weighted by Gasteiger charge is 2.31. The highest BCUT2D eigenvalue weighted by atomic mass is 15.3. The van der Waals surface area contributed by atoms with Crippen molar-refractivity contribution in [1.82, 2.24) is 0 Å². The van der Waals surface area contributed by atoms with E-state index in [-0.39, 0.29) is 0 Å². The summed E-state index contributed by atoms with van der Waals surface area (Å²) < 4.78 is 2.32. The van der Waals surface area contributed by atoms with Gasteiger partial charge in [0.2, 0.25) is 0 Å². The van der Waals surface area contributed by atoms with Gasteiger partial charge in [-0.2, -0.15) is 0 Å². The first-order valence-electron chi connectivity index (χ1n) is 6.32. The van der Waals surface area contributed by atoms with Gasteiger partial charge in [-0.3, -0.25) is 4.58 Å². The summed E-state index contributed by atoms with van der Waals surface area (Å²) in [4.78, 5) is 2.38. The zero-order chi connectivity index (χ0) is 12.4. The molecular weight excluding hydrogens is 220 g/mol. The number of benzene rings is 2. The summed E-state index contributed by atoms with van der Waals surface area (Å²) in [5.74, 6) is 1.29. The van der Waals surface area contributed by atoms with Crippen LogP contribution >= 0.6 is 0 Å². The minimum Gasteiger partial charge on any atom is -0.260 e. The van der Waals surface area contributed by atoms with Crippen LogP contribution in [-0.4, -0.2) is 30.5 Å². The van der Waals surface area contributed by atoms with Crippen molar-refractivity contribution in [1.29, 1.82) is 0 Å². The van der Waals surface area contributed by atoms with E-state index >= 15 is 0 Å². The normalized spacial score (nSPS) is 15.3. The number of anilines is 1. The first-order valence-corrected chi connectivity index (χ1v) is 6.32. The second kappa shape index (κ2) is 4.65. The molecule has 2 aromatic rings. The van der Waals surface area contributed by atoms with Gasteiger partial charge in [0.15, 0.2) is 0 Å². The molecule has 0 fully saturated rings. The van der Waals surface area contributed by atoms with Crippen molar-refractivity contribution in [3.05, 3.63) is 66.2 Å². The van der Waals surface area contributed by atoms with Crippen molar-refractivity contribution in [2.45, 2.75) is 0 Å². The number of nitrogens with zero attached hydrogens (tertiary/aromatic N) is 2. The van der Waals surface area contributed by atoms with Gasteiger partial charge in [-0.25, -0.2) is 4.90 Å². The largest absolute Gasteiger partial charge is 0.284 e. The van der Waals surface area contributed by atoms with Crippen LogP contribution in [0.3, 0.4) is 0 Å². The van der Waals surface area contributed by atoms with Crippen LogP contribution in [0.5, 0.6) is 0 Å². The van der Waals surface area contributed by atoms with E-state index in [4.69, 9.17) is 0 Å². The minimum absolute atomic E-state index is 1.05. The van der Waals surface area contributed by atoms with Gasteiger partial charge >= 0.3 is 0 Å². The molecule has 0 aromatic heterocycles. The van der Waals surface area contributed by atoms with Crippen LogP contribution in [0.25, 0.3) is 0 Å². The molecule has 1 aliphatic heterocycles. The molecule has 0 saturated carbocycles. The second-order valence-corrected chi connectivity index (χ2v) is 4.60. The Hall–Kier alpha value is -2.09. The lowest BCUT2D eigenvalue weighted by Gasteiger charge is -2.12. The lowest BCUT2D eigenvalue weighted by atomic mass is 10.2. The maximum Gasteiger partial charge on any atom is 0.284 e. The SMILES string of the molecule is C[N+]1=C(c2ccccc2)N(c2ccccc2)CC1. The molecule has 2 aromatic carbocycles. The van der Waals surface area contributed by atoms with E-state index in [0.29, 0.717) is 0 Å². The molecule has 0 N–H and O–H groups in total. The quantitative estimate of drug-likeness (QED) is 0.728. The third kappa shape index (κ3) is 1.90. The molecule has 2 nitrogen and oxygen atoms in total. The van der Waals surface area contributed by atoms with Crippen molar-refractivity contribution >= 4 is 11.5 Å². The fourth-order valence-corrected chi connectivity index (χ4v) is 2.49. The first kappa shape index (κ1) is 11.0. The maximum atomic E-state index is 2.38. The monoisotopic (exact) mass is 237 g/mol. The molecule has 1 aliphatic rings. The first-order chi connectivity index (χ1) is 8.86. The predicted octanol–water partition coefficient (Wildman–Crippen LogP) is 2.60. The Morgan fingerprint density at radius 3 is 2.17 bits per heavy atom. The number of hydrogen-bond donors (Lipinski definition) is 0. The summed E-state index contributed by atoms with van der Waals surface area (Å²) in [6.45, 7) is 2.11. The number of rotatable bonds is 2. The fourth-order valence-electron chi connectivity index (χ4n) is 2.49.